The summed E-state index contributed by atoms with van der Waals surface area (Å²) in [4.78, 5) is 23.2. The number of halogens is 2. The molecule has 1 aliphatic carbocycles. The molecule has 0 amide bonds. The molecule has 4 rings (SSSR count). The molecule has 1 aromatic carbocycles. The summed E-state index contributed by atoms with van der Waals surface area (Å²) < 4.78 is 30.7. The van der Waals surface area contributed by atoms with Crippen molar-refractivity contribution >= 4 is 55.7 Å². The summed E-state index contributed by atoms with van der Waals surface area (Å²) in [7, 11) is -1.48. The second-order valence-electron chi connectivity index (χ2n) is 7.50. The highest BCUT2D eigenvalue weighted by molar-refractivity contribution is 7.84. The Balaban J connectivity index is 1.64. The first-order valence-electron chi connectivity index (χ1n) is 10.4. The van der Waals surface area contributed by atoms with Gasteiger partial charge in [0.2, 0.25) is 0 Å². The molecular formula is C22H23ClFN3O3S2. The van der Waals surface area contributed by atoms with Crippen molar-refractivity contribution in [2.45, 2.75) is 44.9 Å². The normalized spacial score (nSPS) is 14.2. The number of carbonyl (C=O) groups is 1. The number of rotatable bonds is 8. The van der Waals surface area contributed by atoms with Gasteiger partial charge < -0.3 is 10.1 Å². The number of nitrogens with one attached hydrogen (secondary N) is 1. The molecule has 0 spiro atoms. The van der Waals surface area contributed by atoms with E-state index in [4.69, 9.17) is 16.3 Å². The molecule has 6 nitrogen and oxygen atoms in total. The predicted octanol–water partition coefficient (Wildman–Crippen LogP) is 4.79. The van der Waals surface area contributed by atoms with Crippen molar-refractivity contribution in [2.75, 3.05) is 17.7 Å². The molecule has 0 saturated heterocycles. The highest BCUT2D eigenvalue weighted by atomic mass is 35.5. The molecule has 2 aromatic heterocycles. The number of carbonyl (C=O) groups excluding carboxylic acids is 1. The molecule has 0 aliphatic heterocycles. The highest BCUT2D eigenvalue weighted by Gasteiger charge is 2.22. The molecule has 10 heteroatoms. The zero-order valence-electron chi connectivity index (χ0n) is 17.6. The van der Waals surface area contributed by atoms with Crippen LogP contribution in [0.1, 0.15) is 41.6 Å². The van der Waals surface area contributed by atoms with Crippen LogP contribution in [0, 0.1) is 5.82 Å². The van der Waals surface area contributed by atoms with Crippen LogP contribution in [-0.4, -0.2) is 32.5 Å². The van der Waals surface area contributed by atoms with E-state index >= 15 is 0 Å². The molecule has 0 saturated carbocycles. The number of aromatic nitrogens is 2. The Morgan fingerprint density at radius 1 is 1.31 bits per heavy atom. The minimum absolute atomic E-state index is 0.0588. The summed E-state index contributed by atoms with van der Waals surface area (Å²) in [5.41, 5.74) is 2.01. The molecule has 1 atom stereocenters. The van der Waals surface area contributed by atoms with Crippen LogP contribution in [0.15, 0.2) is 18.2 Å². The van der Waals surface area contributed by atoms with E-state index in [0.29, 0.717) is 23.2 Å². The lowest BCUT2D eigenvalue weighted by Gasteiger charge is -2.14. The Morgan fingerprint density at radius 3 is 2.91 bits per heavy atom. The van der Waals surface area contributed by atoms with Crippen LogP contribution in [0.4, 0.5) is 10.2 Å². The van der Waals surface area contributed by atoms with Gasteiger partial charge in [0.25, 0.3) is 0 Å². The van der Waals surface area contributed by atoms with Crippen LogP contribution in [0.3, 0.4) is 0 Å². The number of nitrogens with zero attached hydrogens (tertiary/aromatic N) is 2. The maximum atomic E-state index is 13.4. The van der Waals surface area contributed by atoms with Crippen molar-refractivity contribution in [3.63, 3.8) is 0 Å². The van der Waals surface area contributed by atoms with Crippen LogP contribution < -0.4 is 5.32 Å². The van der Waals surface area contributed by atoms with Crippen LogP contribution in [0.5, 0.6) is 0 Å². The van der Waals surface area contributed by atoms with Gasteiger partial charge in [0.1, 0.15) is 28.0 Å². The van der Waals surface area contributed by atoms with Gasteiger partial charge in [-0.3, -0.25) is 9.00 Å². The third kappa shape index (κ3) is 5.27. The molecule has 2 heterocycles. The van der Waals surface area contributed by atoms with Gasteiger partial charge in [-0.2, -0.15) is 0 Å². The van der Waals surface area contributed by atoms with Gasteiger partial charge in [-0.25, -0.2) is 14.4 Å². The van der Waals surface area contributed by atoms with Crippen molar-refractivity contribution in [1.29, 1.82) is 0 Å². The zero-order chi connectivity index (χ0) is 22.7. The van der Waals surface area contributed by atoms with E-state index in [2.05, 4.69) is 15.3 Å². The van der Waals surface area contributed by atoms with Crippen molar-refractivity contribution < 1.29 is 18.1 Å². The fourth-order valence-electron chi connectivity index (χ4n) is 3.77. The summed E-state index contributed by atoms with van der Waals surface area (Å²) in [6.45, 7) is 2.32. The van der Waals surface area contributed by atoms with Crippen LogP contribution in [-0.2, 0) is 45.5 Å². The maximum Gasteiger partial charge on any atom is 0.318 e. The Labute approximate surface area is 197 Å². The highest BCUT2D eigenvalue weighted by Crippen LogP contribution is 2.39. The van der Waals surface area contributed by atoms with E-state index in [1.807, 2.05) is 0 Å². The number of thiophene rings is 1. The quantitative estimate of drug-likeness (QED) is 0.453. The average Bonchev–Trinajstić information content (AvgIpc) is 3.11. The van der Waals surface area contributed by atoms with E-state index in [0.717, 1.165) is 41.5 Å². The van der Waals surface area contributed by atoms with Gasteiger partial charge in [-0.05, 0) is 55.9 Å². The van der Waals surface area contributed by atoms with Gasteiger partial charge in [0.15, 0.2) is 0 Å². The van der Waals surface area contributed by atoms with Gasteiger partial charge in [0, 0.05) is 27.2 Å². The summed E-state index contributed by atoms with van der Waals surface area (Å²) >= 11 is 7.83. The first-order chi connectivity index (χ1) is 15.4. The summed E-state index contributed by atoms with van der Waals surface area (Å²) in [5.74, 6) is 0.0431. The summed E-state index contributed by atoms with van der Waals surface area (Å²) in [6, 6.07) is 4.29. The summed E-state index contributed by atoms with van der Waals surface area (Å²) in [6.07, 6.45) is 4.26. The number of fused-ring (bicyclic) bond motifs is 3. The first kappa shape index (κ1) is 23.1. The molecule has 170 valence electrons. The number of aryl methyl sites for hydroxylation is 2. The first-order valence-corrected chi connectivity index (χ1v) is 13.1. The van der Waals surface area contributed by atoms with Crippen LogP contribution in [0.2, 0.25) is 5.02 Å². The molecule has 1 unspecified atom stereocenters. The molecule has 32 heavy (non-hydrogen) atoms. The number of hydrogen-bond acceptors (Lipinski definition) is 7. The second-order valence-corrected chi connectivity index (χ2v) is 10.5. The number of anilines is 1. The third-order valence-electron chi connectivity index (χ3n) is 5.20. The molecular weight excluding hydrogens is 473 g/mol. The monoisotopic (exact) mass is 495 g/mol. The molecule has 3 aromatic rings. The number of hydrogen-bond donors (Lipinski definition) is 1. The second kappa shape index (κ2) is 10.2. The lowest BCUT2D eigenvalue weighted by molar-refractivity contribution is -0.139. The Hall–Kier alpha value is -2.10. The van der Waals surface area contributed by atoms with Crippen molar-refractivity contribution in [2.24, 2.45) is 0 Å². The topological polar surface area (TPSA) is 81.2 Å². The Morgan fingerprint density at radius 2 is 2.12 bits per heavy atom. The fourth-order valence-corrected chi connectivity index (χ4v) is 6.15. The molecule has 0 radical (unpaired) electrons. The van der Waals surface area contributed by atoms with Crippen LogP contribution >= 0.6 is 22.9 Å². The largest absolute Gasteiger partial charge is 0.465 e. The lowest BCUT2D eigenvalue weighted by atomic mass is 9.97. The molecule has 1 aliphatic rings. The van der Waals surface area contributed by atoms with Gasteiger partial charge in [-0.15, -0.1) is 11.3 Å². The maximum absolute atomic E-state index is 13.4. The van der Waals surface area contributed by atoms with E-state index < -0.39 is 16.8 Å². The Bertz CT molecular complexity index is 1180. The van der Waals surface area contributed by atoms with E-state index in [9.17, 15) is 13.4 Å². The fraction of sp³-hybridized carbons (Fsp3) is 0.409. The van der Waals surface area contributed by atoms with Gasteiger partial charge in [-0.1, -0.05) is 17.7 Å². The number of benzene rings is 1. The minimum atomic E-state index is -1.48. The van der Waals surface area contributed by atoms with Crippen molar-refractivity contribution in [3.05, 3.63) is 50.9 Å². The minimum Gasteiger partial charge on any atom is -0.465 e. The standard InChI is InChI=1S/C22H23ClFN3O3S2/c1-2-30-19(28)12-32(29)11-18-26-21(25-10-13-7-8-14(24)9-16(13)23)20-15-5-3-4-6-17(15)31-22(20)27-18/h7-9H,2-6,10-12H2,1H3,(H,25,26,27). The van der Waals surface area contributed by atoms with Gasteiger partial charge >= 0.3 is 5.97 Å². The third-order valence-corrected chi connectivity index (χ3v) is 7.87. The average molecular weight is 496 g/mol. The number of ether oxygens (including phenoxy) is 1. The van der Waals surface area contributed by atoms with Gasteiger partial charge in [0.05, 0.1) is 17.7 Å². The van der Waals surface area contributed by atoms with E-state index in [-0.39, 0.29) is 23.9 Å². The Kier molecular flexibility index (Phi) is 7.37. The van der Waals surface area contributed by atoms with Crippen molar-refractivity contribution in [3.8, 4) is 0 Å². The lowest BCUT2D eigenvalue weighted by Crippen LogP contribution is -2.16. The smallest absolute Gasteiger partial charge is 0.318 e. The summed E-state index contributed by atoms with van der Waals surface area (Å²) in [5, 5.41) is 4.66. The SMILES string of the molecule is CCOC(=O)CS(=O)Cc1nc(NCc2ccc(F)cc2Cl)c2c3c(sc2n1)CCCC3. The predicted molar refractivity (Wildman–Crippen MR) is 126 cm³/mol. The molecule has 1 N–H and O–H groups in total. The molecule has 0 bridgehead atoms. The van der Waals surface area contributed by atoms with Crippen LogP contribution in [0.25, 0.3) is 10.2 Å². The molecule has 0 fully saturated rings. The zero-order valence-corrected chi connectivity index (χ0v) is 20.0. The number of esters is 1. The van der Waals surface area contributed by atoms with E-state index in [1.54, 1.807) is 24.3 Å². The van der Waals surface area contributed by atoms with E-state index in [1.165, 1.54) is 22.6 Å². The van der Waals surface area contributed by atoms with Crippen molar-refractivity contribution in [1.82, 2.24) is 9.97 Å².